The van der Waals surface area contributed by atoms with E-state index < -0.39 is 34.9 Å². The predicted molar refractivity (Wildman–Crippen MR) is 117 cm³/mol. The molecule has 4 rings (SSSR count). The molecule has 0 radical (unpaired) electrons. The van der Waals surface area contributed by atoms with Crippen molar-refractivity contribution in [2.24, 2.45) is 0 Å². The number of carbonyl (C=O) groups excluding carboxylic acids is 2. The van der Waals surface area contributed by atoms with Crippen LogP contribution in [0.3, 0.4) is 0 Å². The Kier molecular flexibility index (Phi) is 6.24. The molecule has 7 nitrogen and oxygen atoms in total. The van der Waals surface area contributed by atoms with Gasteiger partial charge in [-0.1, -0.05) is 35.5 Å². The van der Waals surface area contributed by atoms with Crippen LogP contribution in [0.1, 0.15) is 23.5 Å². The number of nitrogens with one attached hydrogen (secondary N) is 3. The first-order chi connectivity index (χ1) is 15.3. The zero-order valence-corrected chi connectivity index (χ0v) is 17.8. The molecule has 0 saturated heterocycles. The lowest BCUT2D eigenvalue weighted by molar-refractivity contribution is -0.123. The number of fused-ring (bicyclic) bond motifs is 1. The summed E-state index contributed by atoms with van der Waals surface area (Å²) in [5.74, 6) is -3.75. The molecule has 0 spiro atoms. The van der Waals surface area contributed by atoms with Gasteiger partial charge in [-0.05, 0) is 29.8 Å². The Bertz CT molecular complexity index is 1280. The Hall–Kier alpha value is -3.24. The van der Waals surface area contributed by atoms with E-state index in [0.29, 0.717) is 10.8 Å². The number of nitrogens with zero attached hydrogens (tertiary/aromatic N) is 1. The number of halogens is 3. The van der Waals surface area contributed by atoms with Gasteiger partial charge in [0.2, 0.25) is 11.8 Å². The molecule has 0 fully saturated rings. The van der Waals surface area contributed by atoms with Crippen molar-refractivity contribution in [2.45, 2.75) is 23.2 Å². The summed E-state index contributed by atoms with van der Waals surface area (Å²) in [7, 11) is 0. The third kappa shape index (κ3) is 4.81. The van der Waals surface area contributed by atoms with Gasteiger partial charge in [-0.2, -0.15) is 0 Å². The van der Waals surface area contributed by atoms with Gasteiger partial charge in [-0.15, -0.1) is 0 Å². The highest BCUT2D eigenvalue weighted by Gasteiger charge is 2.35. The number of hydrogen-bond donors (Lipinski definition) is 3. The van der Waals surface area contributed by atoms with Gasteiger partial charge in [0.05, 0.1) is 17.2 Å². The van der Waals surface area contributed by atoms with E-state index >= 15 is 0 Å². The summed E-state index contributed by atoms with van der Waals surface area (Å²) in [6.45, 7) is 0. The van der Waals surface area contributed by atoms with E-state index in [0.717, 1.165) is 23.8 Å². The van der Waals surface area contributed by atoms with Gasteiger partial charge >= 0.3 is 0 Å². The summed E-state index contributed by atoms with van der Waals surface area (Å²) in [6, 6.07) is 9.77. The van der Waals surface area contributed by atoms with E-state index in [9.17, 15) is 23.2 Å². The number of rotatable bonds is 5. The van der Waals surface area contributed by atoms with Crippen molar-refractivity contribution < 1.29 is 18.4 Å². The summed E-state index contributed by atoms with van der Waals surface area (Å²) in [5, 5.41) is 5.56. The van der Waals surface area contributed by atoms with Crippen LogP contribution in [-0.2, 0) is 15.3 Å². The van der Waals surface area contributed by atoms with Gasteiger partial charge in [0.1, 0.15) is 17.5 Å². The number of benzene rings is 2. The van der Waals surface area contributed by atoms with E-state index in [-0.39, 0.29) is 28.6 Å². The molecule has 11 heteroatoms. The fourth-order valence-corrected chi connectivity index (χ4v) is 4.25. The Morgan fingerprint density at radius 1 is 1.22 bits per heavy atom. The average Bonchev–Trinajstić information content (AvgIpc) is 2.74. The molecule has 3 N–H and O–H groups in total. The van der Waals surface area contributed by atoms with E-state index in [4.69, 9.17) is 11.6 Å². The molecular formula is C21H15ClF2N4O3S. The highest BCUT2D eigenvalue weighted by molar-refractivity contribution is 7.98. The van der Waals surface area contributed by atoms with Crippen molar-refractivity contribution in [1.29, 1.82) is 0 Å². The maximum absolute atomic E-state index is 13.9. The van der Waals surface area contributed by atoms with Gasteiger partial charge in [-0.25, -0.2) is 13.8 Å². The van der Waals surface area contributed by atoms with E-state index in [2.05, 4.69) is 20.6 Å². The lowest BCUT2D eigenvalue weighted by Crippen LogP contribution is -2.36. The van der Waals surface area contributed by atoms with E-state index in [1.807, 2.05) is 6.07 Å². The van der Waals surface area contributed by atoms with Crippen LogP contribution < -0.4 is 16.2 Å². The highest BCUT2D eigenvalue weighted by atomic mass is 35.5. The molecule has 1 aliphatic heterocycles. The fraction of sp³-hybridized carbons (Fsp3) is 0.143. The first kappa shape index (κ1) is 22.0. The van der Waals surface area contributed by atoms with Gasteiger partial charge < -0.3 is 15.6 Å². The SMILES string of the molecule is O=C1C[C@@H](C(=O)Nc2cc(F)ccc2F)c2c(nc(SCc3cccc(Cl)c3)[nH]c2=O)N1. The molecule has 0 aliphatic carbocycles. The minimum Gasteiger partial charge on any atom is -0.323 e. The van der Waals surface area contributed by atoms with Crippen molar-refractivity contribution >= 4 is 46.7 Å². The van der Waals surface area contributed by atoms with Crippen LogP contribution in [0.2, 0.25) is 5.02 Å². The number of aromatic nitrogens is 2. The first-order valence-corrected chi connectivity index (χ1v) is 10.7. The largest absolute Gasteiger partial charge is 0.323 e. The smallest absolute Gasteiger partial charge is 0.257 e. The summed E-state index contributed by atoms with van der Waals surface area (Å²) in [6.07, 6.45) is -0.338. The Labute approximate surface area is 189 Å². The second-order valence-corrected chi connectivity index (χ2v) is 8.37. The zero-order valence-electron chi connectivity index (χ0n) is 16.2. The molecule has 1 aromatic heterocycles. The first-order valence-electron chi connectivity index (χ1n) is 9.37. The molecule has 0 unspecified atom stereocenters. The van der Waals surface area contributed by atoms with Crippen LogP contribution in [0.15, 0.2) is 52.4 Å². The van der Waals surface area contributed by atoms with Crippen molar-refractivity contribution in [1.82, 2.24) is 9.97 Å². The van der Waals surface area contributed by atoms with Gasteiger partial charge in [0.25, 0.3) is 5.56 Å². The number of hydrogen-bond acceptors (Lipinski definition) is 5. The van der Waals surface area contributed by atoms with Crippen molar-refractivity contribution in [3.05, 3.63) is 80.6 Å². The summed E-state index contributed by atoms with van der Waals surface area (Å²) in [5.41, 5.74) is -0.142. The fourth-order valence-electron chi connectivity index (χ4n) is 3.23. The maximum Gasteiger partial charge on any atom is 0.257 e. The minimum absolute atomic E-state index is 0.0431. The number of amides is 2. The zero-order chi connectivity index (χ0) is 22.8. The molecule has 0 bridgehead atoms. The van der Waals surface area contributed by atoms with Crippen molar-refractivity contribution in [2.75, 3.05) is 10.6 Å². The molecule has 2 aromatic carbocycles. The molecule has 32 heavy (non-hydrogen) atoms. The number of anilines is 2. The second-order valence-electron chi connectivity index (χ2n) is 6.97. The molecule has 1 aliphatic rings. The molecule has 2 heterocycles. The number of carbonyl (C=O) groups is 2. The number of aromatic amines is 1. The maximum atomic E-state index is 13.9. The van der Waals surface area contributed by atoms with Crippen LogP contribution in [-0.4, -0.2) is 21.8 Å². The normalized spacial score (nSPS) is 15.1. The number of H-pyrrole nitrogens is 1. The van der Waals surface area contributed by atoms with Gasteiger partial charge in [0.15, 0.2) is 5.16 Å². The van der Waals surface area contributed by atoms with Crippen LogP contribution in [0.25, 0.3) is 0 Å². The molecule has 1 atom stereocenters. The van der Waals surface area contributed by atoms with Crippen LogP contribution >= 0.6 is 23.4 Å². The predicted octanol–water partition coefficient (Wildman–Crippen LogP) is 4.06. The molecule has 3 aromatic rings. The minimum atomic E-state index is -1.22. The van der Waals surface area contributed by atoms with E-state index in [1.54, 1.807) is 18.2 Å². The molecule has 0 saturated carbocycles. The standard InChI is InChI=1S/C21H15ClF2N4O3S/c22-11-3-1-2-10(6-11)9-32-21-27-18-17(20(31)28-21)13(8-16(29)26-18)19(30)25-15-7-12(23)4-5-14(15)24/h1-7,13H,8-9H2,(H,25,30)(H2,26,27,28,29,31)/t13-/m1/s1. The van der Waals surface area contributed by atoms with Crippen molar-refractivity contribution in [3.63, 3.8) is 0 Å². The van der Waals surface area contributed by atoms with Gasteiger partial charge in [-0.3, -0.25) is 14.4 Å². The number of thioether (sulfide) groups is 1. The Morgan fingerprint density at radius 2 is 2.03 bits per heavy atom. The summed E-state index contributed by atoms with van der Waals surface area (Å²) in [4.78, 5) is 44.5. The molecular weight excluding hydrogens is 462 g/mol. The quantitative estimate of drug-likeness (QED) is 0.380. The Morgan fingerprint density at radius 3 is 2.81 bits per heavy atom. The summed E-state index contributed by atoms with van der Waals surface area (Å²) < 4.78 is 27.3. The van der Waals surface area contributed by atoms with Crippen LogP contribution in [0.4, 0.5) is 20.3 Å². The van der Waals surface area contributed by atoms with E-state index in [1.165, 1.54) is 11.8 Å². The Balaban J connectivity index is 1.59. The highest BCUT2D eigenvalue weighted by Crippen LogP contribution is 2.31. The van der Waals surface area contributed by atoms with Gasteiger partial charge in [0, 0.05) is 23.3 Å². The van der Waals surface area contributed by atoms with Crippen molar-refractivity contribution in [3.8, 4) is 0 Å². The monoisotopic (exact) mass is 476 g/mol. The third-order valence-electron chi connectivity index (χ3n) is 4.70. The average molecular weight is 477 g/mol. The lowest BCUT2D eigenvalue weighted by atomic mass is 9.92. The third-order valence-corrected chi connectivity index (χ3v) is 5.88. The lowest BCUT2D eigenvalue weighted by Gasteiger charge is -2.23. The summed E-state index contributed by atoms with van der Waals surface area (Å²) >= 11 is 7.19. The molecule has 2 amide bonds. The molecule has 164 valence electrons. The van der Waals surface area contributed by atoms with Crippen LogP contribution in [0, 0.1) is 11.6 Å². The second kappa shape index (κ2) is 9.09. The topological polar surface area (TPSA) is 104 Å². The van der Waals surface area contributed by atoms with Crippen LogP contribution in [0.5, 0.6) is 0 Å².